The number of thiol groups is 1. The van der Waals surface area contributed by atoms with Gasteiger partial charge in [-0.3, -0.25) is 4.68 Å². The minimum absolute atomic E-state index is 0.796. The molecule has 0 amide bonds. The highest BCUT2D eigenvalue weighted by Crippen LogP contribution is 2.10. The highest BCUT2D eigenvalue weighted by molar-refractivity contribution is 7.80. The summed E-state index contributed by atoms with van der Waals surface area (Å²) in [6.07, 6.45) is 9.67. The molecule has 0 saturated carbocycles. The van der Waals surface area contributed by atoms with Crippen molar-refractivity contribution in [2.45, 2.75) is 45.6 Å². The van der Waals surface area contributed by atoms with Crippen molar-refractivity contribution >= 4 is 12.6 Å². The van der Waals surface area contributed by atoms with E-state index in [1.807, 2.05) is 10.9 Å². The van der Waals surface area contributed by atoms with E-state index in [0.29, 0.717) is 0 Å². The van der Waals surface area contributed by atoms with Crippen molar-refractivity contribution in [2.75, 3.05) is 12.4 Å². The average Bonchev–Trinajstić information content (AvgIpc) is 2.72. The zero-order valence-corrected chi connectivity index (χ0v) is 11.0. The third kappa shape index (κ3) is 5.45. The summed E-state index contributed by atoms with van der Waals surface area (Å²) in [5, 5.41) is 4.22. The molecule has 1 aromatic rings. The second-order valence-corrected chi connectivity index (χ2v) is 4.37. The number of hydrogen-bond acceptors (Lipinski definition) is 3. The molecule has 3 nitrogen and oxygen atoms in total. The van der Waals surface area contributed by atoms with Crippen LogP contribution in [0.2, 0.25) is 0 Å². The van der Waals surface area contributed by atoms with Crippen molar-refractivity contribution in [1.82, 2.24) is 9.78 Å². The Kier molecular flexibility index (Phi) is 7.14. The number of aryl methyl sites for hydroxylation is 1. The molecule has 0 atom stereocenters. The van der Waals surface area contributed by atoms with E-state index in [2.05, 4.69) is 24.7 Å². The Hall–Kier alpha value is -0.640. The molecule has 4 heteroatoms. The van der Waals surface area contributed by atoms with E-state index in [1.165, 1.54) is 19.3 Å². The van der Waals surface area contributed by atoms with Crippen LogP contribution in [0, 0.1) is 0 Å². The average molecular weight is 242 g/mol. The van der Waals surface area contributed by atoms with E-state index in [4.69, 9.17) is 4.74 Å². The van der Waals surface area contributed by atoms with E-state index in [-0.39, 0.29) is 0 Å². The van der Waals surface area contributed by atoms with Crippen LogP contribution in [0.5, 0.6) is 5.75 Å². The number of ether oxygens (including phenoxy) is 1. The molecule has 0 aromatic carbocycles. The van der Waals surface area contributed by atoms with Crippen molar-refractivity contribution < 1.29 is 4.74 Å². The SMILES string of the molecule is CCCn1cc(OCCCCCCS)cn1. The quantitative estimate of drug-likeness (QED) is 0.532. The molecule has 0 saturated heterocycles. The summed E-state index contributed by atoms with van der Waals surface area (Å²) in [6, 6.07) is 0. The van der Waals surface area contributed by atoms with Crippen LogP contribution in [0.3, 0.4) is 0 Å². The first-order chi connectivity index (χ1) is 7.86. The van der Waals surface area contributed by atoms with Gasteiger partial charge < -0.3 is 4.74 Å². The highest BCUT2D eigenvalue weighted by Gasteiger charge is 1.98. The van der Waals surface area contributed by atoms with Crippen LogP contribution in [0.1, 0.15) is 39.0 Å². The molecule has 0 N–H and O–H groups in total. The molecule has 0 fully saturated rings. The second kappa shape index (κ2) is 8.50. The summed E-state index contributed by atoms with van der Waals surface area (Å²) >= 11 is 4.18. The molecule has 92 valence electrons. The summed E-state index contributed by atoms with van der Waals surface area (Å²) in [5.41, 5.74) is 0. The largest absolute Gasteiger partial charge is 0.490 e. The van der Waals surface area contributed by atoms with Gasteiger partial charge in [-0.15, -0.1) is 0 Å². The molecule has 0 spiro atoms. The molecular weight excluding hydrogens is 220 g/mol. The molecule has 0 aliphatic rings. The molecule has 0 aliphatic heterocycles. The minimum atomic E-state index is 0.796. The predicted molar refractivity (Wildman–Crippen MR) is 70.3 cm³/mol. The van der Waals surface area contributed by atoms with Crippen molar-refractivity contribution in [1.29, 1.82) is 0 Å². The van der Waals surface area contributed by atoms with E-state index in [0.717, 1.165) is 37.5 Å². The molecule has 0 radical (unpaired) electrons. The Morgan fingerprint density at radius 3 is 2.88 bits per heavy atom. The monoisotopic (exact) mass is 242 g/mol. The Morgan fingerprint density at radius 1 is 1.31 bits per heavy atom. The van der Waals surface area contributed by atoms with E-state index in [9.17, 15) is 0 Å². The number of nitrogens with zero attached hydrogens (tertiary/aromatic N) is 2. The number of aromatic nitrogens is 2. The van der Waals surface area contributed by atoms with Crippen LogP contribution < -0.4 is 4.74 Å². The maximum absolute atomic E-state index is 5.61. The van der Waals surface area contributed by atoms with Gasteiger partial charge in [0.2, 0.25) is 0 Å². The summed E-state index contributed by atoms with van der Waals surface area (Å²) in [7, 11) is 0. The molecule has 0 bridgehead atoms. The lowest BCUT2D eigenvalue weighted by Crippen LogP contribution is -1.97. The summed E-state index contributed by atoms with van der Waals surface area (Å²) in [4.78, 5) is 0. The molecular formula is C12H22N2OS. The first-order valence-electron chi connectivity index (χ1n) is 6.13. The fourth-order valence-corrected chi connectivity index (χ4v) is 1.75. The van der Waals surface area contributed by atoms with Gasteiger partial charge in [-0.05, 0) is 25.0 Å². The summed E-state index contributed by atoms with van der Waals surface area (Å²) in [5.74, 6) is 1.88. The Balaban J connectivity index is 2.07. The maximum atomic E-state index is 5.61. The van der Waals surface area contributed by atoms with Crippen molar-refractivity contribution in [3.63, 3.8) is 0 Å². The first-order valence-corrected chi connectivity index (χ1v) is 6.76. The van der Waals surface area contributed by atoms with Gasteiger partial charge >= 0.3 is 0 Å². The Morgan fingerprint density at radius 2 is 2.12 bits per heavy atom. The van der Waals surface area contributed by atoms with Crippen LogP contribution in [-0.2, 0) is 6.54 Å². The molecule has 1 heterocycles. The van der Waals surface area contributed by atoms with Crippen molar-refractivity contribution in [3.05, 3.63) is 12.4 Å². The van der Waals surface area contributed by atoms with Crippen molar-refractivity contribution in [2.24, 2.45) is 0 Å². The van der Waals surface area contributed by atoms with Gasteiger partial charge in [-0.1, -0.05) is 19.8 Å². The van der Waals surface area contributed by atoms with Gasteiger partial charge in [0.1, 0.15) is 0 Å². The predicted octanol–water partition coefficient (Wildman–Crippen LogP) is 3.16. The van der Waals surface area contributed by atoms with Gasteiger partial charge in [0, 0.05) is 6.54 Å². The molecule has 0 unspecified atom stereocenters. The van der Waals surface area contributed by atoms with Crippen LogP contribution in [-0.4, -0.2) is 22.1 Å². The number of rotatable bonds is 9. The van der Waals surface area contributed by atoms with Crippen LogP contribution in [0.4, 0.5) is 0 Å². The normalized spacial score (nSPS) is 10.6. The second-order valence-electron chi connectivity index (χ2n) is 3.93. The topological polar surface area (TPSA) is 27.1 Å². The van der Waals surface area contributed by atoms with E-state index >= 15 is 0 Å². The minimum Gasteiger partial charge on any atom is -0.490 e. The fourth-order valence-electron chi connectivity index (χ4n) is 1.53. The first kappa shape index (κ1) is 13.4. The lowest BCUT2D eigenvalue weighted by Gasteiger charge is -2.02. The lowest BCUT2D eigenvalue weighted by atomic mass is 10.2. The Labute approximate surface area is 104 Å². The van der Waals surface area contributed by atoms with Crippen LogP contribution >= 0.6 is 12.6 Å². The molecule has 1 rings (SSSR count). The zero-order valence-electron chi connectivity index (χ0n) is 10.1. The summed E-state index contributed by atoms with van der Waals surface area (Å²) < 4.78 is 7.54. The standard InChI is InChI=1S/C12H22N2OS/c1-2-7-14-11-12(10-13-14)15-8-5-3-4-6-9-16/h10-11,16H,2-9H2,1H3. The van der Waals surface area contributed by atoms with Crippen LogP contribution in [0.15, 0.2) is 12.4 Å². The fraction of sp³-hybridized carbons (Fsp3) is 0.750. The van der Waals surface area contributed by atoms with E-state index < -0.39 is 0 Å². The highest BCUT2D eigenvalue weighted by atomic mass is 32.1. The van der Waals surface area contributed by atoms with Crippen molar-refractivity contribution in [3.8, 4) is 5.75 Å². The zero-order chi connectivity index (χ0) is 11.6. The van der Waals surface area contributed by atoms with E-state index in [1.54, 1.807) is 6.20 Å². The summed E-state index contributed by atoms with van der Waals surface area (Å²) in [6.45, 7) is 3.90. The Bertz CT molecular complexity index is 276. The van der Waals surface area contributed by atoms with Gasteiger partial charge in [-0.2, -0.15) is 17.7 Å². The van der Waals surface area contributed by atoms with Gasteiger partial charge in [0.25, 0.3) is 0 Å². The van der Waals surface area contributed by atoms with Gasteiger partial charge in [0.15, 0.2) is 5.75 Å². The molecule has 0 aliphatic carbocycles. The van der Waals surface area contributed by atoms with Gasteiger partial charge in [0.05, 0.1) is 19.0 Å². The smallest absolute Gasteiger partial charge is 0.157 e. The maximum Gasteiger partial charge on any atom is 0.157 e. The third-order valence-corrected chi connectivity index (χ3v) is 2.70. The third-order valence-electron chi connectivity index (χ3n) is 2.38. The molecule has 16 heavy (non-hydrogen) atoms. The van der Waals surface area contributed by atoms with Gasteiger partial charge in [-0.25, -0.2) is 0 Å². The number of hydrogen-bond donors (Lipinski definition) is 1. The van der Waals surface area contributed by atoms with Crippen LogP contribution in [0.25, 0.3) is 0 Å². The lowest BCUT2D eigenvalue weighted by molar-refractivity contribution is 0.304. The number of unbranched alkanes of at least 4 members (excludes halogenated alkanes) is 3. The molecule has 1 aromatic heterocycles.